The molecular weight excluding hydrogens is 303 g/mol. The summed E-state index contributed by atoms with van der Waals surface area (Å²) < 4.78 is 19.2. The van der Waals surface area contributed by atoms with E-state index in [1.807, 2.05) is 0 Å². The molecule has 0 bridgehead atoms. The lowest BCUT2D eigenvalue weighted by Gasteiger charge is -2.08. The van der Waals surface area contributed by atoms with Gasteiger partial charge in [0.2, 0.25) is 0 Å². The van der Waals surface area contributed by atoms with E-state index in [4.69, 9.17) is 0 Å². The maximum Gasteiger partial charge on any atom is 0.426 e. The summed E-state index contributed by atoms with van der Waals surface area (Å²) in [5, 5.41) is 4.28. The molecule has 122 valence electrons. The normalized spacial score (nSPS) is 10.3. The largest absolute Gasteiger partial charge is 0.449 e. The van der Waals surface area contributed by atoms with Crippen LogP contribution in [0.3, 0.4) is 0 Å². The third-order valence-electron chi connectivity index (χ3n) is 3.14. The van der Waals surface area contributed by atoms with Gasteiger partial charge in [0.15, 0.2) is 0 Å². The van der Waals surface area contributed by atoms with E-state index in [-0.39, 0.29) is 12.4 Å². The Labute approximate surface area is 132 Å². The van der Waals surface area contributed by atoms with E-state index < -0.39 is 12.0 Å². The minimum absolute atomic E-state index is 0.197. The van der Waals surface area contributed by atoms with Crippen molar-refractivity contribution in [3.05, 3.63) is 47.0 Å². The van der Waals surface area contributed by atoms with Crippen molar-refractivity contribution in [3.63, 3.8) is 0 Å². The fraction of sp³-hybridized carbons (Fsp3) is 0.267. The maximum absolute atomic E-state index is 13.0. The van der Waals surface area contributed by atoms with Gasteiger partial charge in [-0.3, -0.25) is 10.2 Å². The minimum atomic E-state index is -0.748. The van der Waals surface area contributed by atoms with Gasteiger partial charge < -0.3 is 4.74 Å². The van der Waals surface area contributed by atoms with Crippen molar-refractivity contribution >= 4 is 12.0 Å². The van der Waals surface area contributed by atoms with E-state index >= 15 is 0 Å². The highest BCUT2D eigenvalue weighted by molar-refractivity contribution is 5.97. The summed E-state index contributed by atoms with van der Waals surface area (Å²) in [7, 11) is 0. The highest BCUT2D eigenvalue weighted by atomic mass is 19.1. The molecule has 2 amide bonds. The van der Waals surface area contributed by atoms with Gasteiger partial charge in [0, 0.05) is 0 Å². The number of amides is 2. The lowest BCUT2D eigenvalue weighted by Crippen LogP contribution is -2.42. The Morgan fingerprint density at radius 3 is 2.48 bits per heavy atom. The van der Waals surface area contributed by atoms with Crippen LogP contribution in [0.5, 0.6) is 0 Å². The Morgan fingerprint density at radius 2 is 1.87 bits per heavy atom. The first-order chi connectivity index (χ1) is 10.9. The second-order valence-electron chi connectivity index (χ2n) is 4.73. The molecule has 0 atom stereocenters. The third-order valence-corrected chi connectivity index (χ3v) is 3.14. The van der Waals surface area contributed by atoms with Crippen LogP contribution >= 0.6 is 0 Å². The van der Waals surface area contributed by atoms with Crippen LogP contribution in [0.1, 0.15) is 28.7 Å². The van der Waals surface area contributed by atoms with Gasteiger partial charge in [-0.25, -0.2) is 19.3 Å². The fourth-order valence-corrected chi connectivity index (χ4v) is 2.14. The highest BCUT2D eigenvalue weighted by Gasteiger charge is 2.20. The van der Waals surface area contributed by atoms with Crippen molar-refractivity contribution in [2.24, 2.45) is 0 Å². The van der Waals surface area contributed by atoms with Gasteiger partial charge in [0.25, 0.3) is 5.91 Å². The quantitative estimate of drug-likeness (QED) is 0.847. The number of rotatable bonds is 3. The molecule has 0 saturated carbocycles. The first-order valence-electron chi connectivity index (χ1n) is 6.99. The average Bonchev–Trinajstić information content (AvgIpc) is 2.81. The van der Waals surface area contributed by atoms with Crippen molar-refractivity contribution in [3.8, 4) is 5.69 Å². The summed E-state index contributed by atoms with van der Waals surface area (Å²) in [5.74, 6) is -0.867. The van der Waals surface area contributed by atoms with Crippen LogP contribution in [0.25, 0.3) is 5.69 Å². The number of carbonyl (C=O) groups is 2. The van der Waals surface area contributed by atoms with Crippen molar-refractivity contribution in [2.45, 2.75) is 20.8 Å². The second-order valence-corrected chi connectivity index (χ2v) is 4.73. The number of carbonyl (C=O) groups excluding carboxylic acids is 2. The summed E-state index contributed by atoms with van der Waals surface area (Å²) >= 11 is 0. The van der Waals surface area contributed by atoms with Crippen LogP contribution in [0, 0.1) is 19.7 Å². The van der Waals surface area contributed by atoms with Crippen LogP contribution in [0.2, 0.25) is 0 Å². The maximum atomic E-state index is 13.0. The molecule has 1 aromatic carbocycles. The molecule has 0 fully saturated rings. The van der Waals surface area contributed by atoms with Crippen molar-refractivity contribution < 1.29 is 18.7 Å². The standard InChI is InChI=1S/C15H17FN4O3/c1-4-23-15(22)18-17-14(21)13-9(2)19-20(10(13)3)12-7-5-11(16)6-8-12/h5-8H,4H2,1-3H3,(H,17,21)(H,18,22). The van der Waals surface area contributed by atoms with Crippen LogP contribution in [-0.2, 0) is 4.74 Å². The van der Waals surface area contributed by atoms with Gasteiger partial charge in [-0.1, -0.05) is 0 Å². The second kappa shape index (κ2) is 6.91. The lowest BCUT2D eigenvalue weighted by molar-refractivity contribution is 0.0911. The molecule has 2 N–H and O–H groups in total. The lowest BCUT2D eigenvalue weighted by atomic mass is 10.2. The molecule has 0 unspecified atom stereocenters. The molecule has 0 spiro atoms. The predicted molar refractivity (Wildman–Crippen MR) is 80.6 cm³/mol. The summed E-state index contributed by atoms with van der Waals surface area (Å²) in [6.07, 6.45) is -0.748. The number of nitrogens with zero attached hydrogens (tertiary/aromatic N) is 2. The predicted octanol–water partition coefficient (Wildman–Crippen LogP) is 2.02. The van der Waals surface area contributed by atoms with Crippen LogP contribution in [0.4, 0.5) is 9.18 Å². The van der Waals surface area contributed by atoms with E-state index in [0.29, 0.717) is 22.6 Å². The molecular formula is C15H17FN4O3. The molecule has 23 heavy (non-hydrogen) atoms. The van der Waals surface area contributed by atoms with Crippen LogP contribution < -0.4 is 10.9 Å². The van der Waals surface area contributed by atoms with E-state index in [1.54, 1.807) is 32.9 Å². The van der Waals surface area contributed by atoms with Gasteiger partial charge >= 0.3 is 6.09 Å². The zero-order valence-corrected chi connectivity index (χ0v) is 13.0. The first-order valence-corrected chi connectivity index (χ1v) is 6.99. The third kappa shape index (κ3) is 3.65. The number of hydrazine groups is 1. The molecule has 8 heteroatoms. The summed E-state index contributed by atoms with van der Waals surface area (Å²) in [6, 6.07) is 5.75. The smallest absolute Gasteiger partial charge is 0.426 e. The molecule has 0 radical (unpaired) electrons. The minimum Gasteiger partial charge on any atom is -0.449 e. The average molecular weight is 320 g/mol. The van der Waals surface area contributed by atoms with Gasteiger partial charge in [0.05, 0.1) is 29.2 Å². The van der Waals surface area contributed by atoms with Gasteiger partial charge in [0.1, 0.15) is 5.82 Å². The number of aromatic nitrogens is 2. The SMILES string of the molecule is CCOC(=O)NNC(=O)c1c(C)nn(-c2ccc(F)cc2)c1C. The van der Waals surface area contributed by atoms with E-state index in [0.717, 1.165) is 0 Å². The number of aryl methyl sites for hydroxylation is 1. The van der Waals surface area contributed by atoms with Crippen LogP contribution in [0.15, 0.2) is 24.3 Å². The fourth-order valence-electron chi connectivity index (χ4n) is 2.14. The van der Waals surface area contributed by atoms with E-state index in [9.17, 15) is 14.0 Å². The van der Waals surface area contributed by atoms with Crippen molar-refractivity contribution in [2.75, 3.05) is 6.61 Å². The Kier molecular flexibility index (Phi) is 4.95. The molecule has 2 rings (SSSR count). The van der Waals surface area contributed by atoms with Crippen LogP contribution in [-0.4, -0.2) is 28.4 Å². The van der Waals surface area contributed by atoms with Crippen molar-refractivity contribution in [1.29, 1.82) is 0 Å². The van der Waals surface area contributed by atoms with Gasteiger partial charge in [-0.15, -0.1) is 0 Å². The number of nitrogens with one attached hydrogen (secondary N) is 2. The molecule has 0 aliphatic heterocycles. The molecule has 2 aromatic rings. The van der Waals surface area contributed by atoms with Gasteiger partial charge in [-0.05, 0) is 45.0 Å². The molecule has 0 aliphatic carbocycles. The van der Waals surface area contributed by atoms with E-state index in [1.165, 1.54) is 16.8 Å². The Hall–Kier alpha value is -2.90. The molecule has 1 heterocycles. The molecule has 0 saturated heterocycles. The molecule has 1 aromatic heterocycles. The number of ether oxygens (including phenoxy) is 1. The van der Waals surface area contributed by atoms with Crippen molar-refractivity contribution in [1.82, 2.24) is 20.6 Å². The van der Waals surface area contributed by atoms with Gasteiger partial charge in [-0.2, -0.15) is 5.10 Å². The zero-order chi connectivity index (χ0) is 17.0. The molecule has 7 nitrogen and oxygen atoms in total. The topological polar surface area (TPSA) is 85.2 Å². The summed E-state index contributed by atoms with van der Waals surface area (Å²) in [6.45, 7) is 5.24. The van der Waals surface area contributed by atoms with E-state index in [2.05, 4.69) is 20.7 Å². The Balaban J connectivity index is 2.22. The number of hydrogen-bond donors (Lipinski definition) is 2. The number of hydrogen-bond acceptors (Lipinski definition) is 4. The first kappa shape index (κ1) is 16.5. The highest BCUT2D eigenvalue weighted by Crippen LogP contribution is 2.18. The molecule has 0 aliphatic rings. The number of halogens is 1. The Morgan fingerprint density at radius 1 is 1.22 bits per heavy atom. The summed E-state index contributed by atoms with van der Waals surface area (Å²) in [4.78, 5) is 23.4. The number of benzene rings is 1. The summed E-state index contributed by atoms with van der Waals surface area (Å²) in [5.41, 5.74) is 6.41. The Bertz CT molecular complexity index is 725. The monoisotopic (exact) mass is 320 g/mol. The zero-order valence-electron chi connectivity index (χ0n) is 13.0.